The van der Waals surface area contributed by atoms with Gasteiger partial charge >= 0.3 is 29.6 Å². The molecule has 0 saturated carbocycles. The first-order valence-electron chi connectivity index (χ1n) is 40.4. The van der Waals surface area contributed by atoms with E-state index in [1.807, 2.05) is 20.8 Å². The van der Waals surface area contributed by atoms with Gasteiger partial charge in [0, 0.05) is 119 Å². The van der Waals surface area contributed by atoms with Crippen LogP contribution < -0.4 is 62.5 Å². The van der Waals surface area contributed by atoms with Crippen LogP contribution in [0.3, 0.4) is 0 Å². The van der Waals surface area contributed by atoms with Gasteiger partial charge in [-0.2, -0.15) is 15.2 Å². The second-order valence-corrected chi connectivity index (χ2v) is 36.9. The monoisotopic (exact) mass is 2160 g/mol. The zero-order valence-corrected chi connectivity index (χ0v) is 85.1. The van der Waals surface area contributed by atoms with E-state index in [1.54, 1.807) is 105 Å². The van der Waals surface area contributed by atoms with Crippen molar-refractivity contribution in [2.24, 2.45) is 5.73 Å². The number of aromatic amines is 4. The summed E-state index contributed by atoms with van der Waals surface area (Å²) in [5.41, 5.74) is 22.8. The van der Waals surface area contributed by atoms with Gasteiger partial charge in [-0.05, 0) is 173 Å². The van der Waals surface area contributed by atoms with Gasteiger partial charge in [-0.15, -0.1) is 25.5 Å². The van der Waals surface area contributed by atoms with Gasteiger partial charge < -0.3 is 58.5 Å². The number of halogens is 16. The summed E-state index contributed by atoms with van der Waals surface area (Å²) in [6.45, 7) is 24.1. The maximum absolute atomic E-state index is 14.1. The summed E-state index contributed by atoms with van der Waals surface area (Å²) in [7, 11) is 0. The van der Waals surface area contributed by atoms with Gasteiger partial charge in [-0.1, -0.05) is 140 Å². The number of nitrogen functional groups attached to an aromatic ring is 1. The summed E-state index contributed by atoms with van der Waals surface area (Å²) in [6.07, 6.45) is 8.33. The molecule has 17 aromatic rings. The molecule has 0 saturated heterocycles. The maximum Gasteiger partial charge on any atom is 1.00 e. The second-order valence-electron chi connectivity index (χ2n) is 29.4. The molecule has 9 aromatic heterocycles. The fourth-order valence-corrected chi connectivity index (χ4v) is 18.8. The van der Waals surface area contributed by atoms with E-state index in [-0.39, 0.29) is 100 Å². The first kappa shape index (κ1) is 110. The van der Waals surface area contributed by atoms with E-state index < -0.39 is 76.0 Å². The number of aryl methyl sites for hydroxylation is 4. The molecule has 0 aliphatic rings. The molecular formula is C93H67BCl8F8N24NaO3S4. The molecule has 17 rings (SSSR count). The number of hydrogen-bond acceptors (Lipinski definition) is 23. The average molecular weight is 2170 g/mol. The Hall–Kier alpha value is -12.3. The molecule has 3 atom stereocenters. The summed E-state index contributed by atoms with van der Waals surface area (Å²) in [4.78, 5) is 75.3. The van der Waals surface area contributed by atoms with Gasteiger partial charge in [-0.25, -0.2) is 72.7 Å². The Bertz CT molecular complexity index is 7510. The van der Waals surface area contributed by atoms with Crippen molar-refractivity contribution in [1.29, 1.82) is 0 Å². The number of imidazole rings is 4. The number of benzene rings is 8. The van der Waals surface area contributed by atoms with E-state index in [4.69, 9.17) is 117 Å². The van der Waals surface area contributed by atoms with Crippen LogP contribution in [-0.4, -0.2) is 106 Å². The van der Waals surface area contributed by atoms with Crippen molar-refractivity contribution in [3.63, 3.8) is 0 Å². The minimum absolute atomic E-state index is 0. The molecule has 0 aliphatic carbocycles. The SMILES string of the molecule is Cc1[nH]cnc1C=O.Cc1[nH]cnc1CNc1cc(Cl)c(-c2c(=O)ncn3nc(Sc4ccc(F)cc4F)ccc23)c(Cl)c1.Cc1[nH]cnc1CNc1cc(Cl)c(C(C(N)=O)c2ccc(Sc3ccc(F)cc3F)nn2)c(Cl)c1.[B].[C-]#[N+]C(c1ccc(Sc2ccc(F)cc2F)nn1)c1c(Cl)cc(N)cc1Cl.[C-]#[N+]C(c1ccc(Sc2ccc(F)cc2F)nn1)c1c(Cl)cc(NCc2nc[nH]c2C)cc1Cl.[H-].[Na+]. The smallest absolute Gasteiger partial charge is 1.00 e. The summed E-state index contributed by atoms with van der Waals surface area (Å²) in [5, 5.41) is 42.0. The molecule has 49 heteroatoms. The molecule has 0 bridgehead atoms. The van der Waals surface area contributed by atoms with Gasteiger partial charge in [0.15, 0.2) is 6.29 Å². The molecule has 9 heterocycles. The normalized spacial score (nSPS) is 11.4. The molecule has 0 fully saturated rings. The molecule has 8 aromatic carbocycles. The van der Waals surface area contributed by atoms with E-state index >= 15 is 0 Å². The molecule has 142 heavy (non-hydrogen) atoms. The first-order valence-corrected chi connectivity index (χ1v) is 46.7. The van der Waals surface area contributed by atoms with Crippen molar-refractivity contribution in [3.8, 4) is 11.1 Å². The van der Waals surface area contributed by atoms with Crippen LogP contribution in [0.5, 0.6) is 0 Å². The predicted octanol–water partition coefficient (Wildman–Crippen LogP) is 21.5. The standard InChI is InChI=1S/C24H16Cl2F2N6OS.C23H18Cl2F2N6OS.C23H16Cl2F2N6S.C18H10Cl2F2N4S.C5H6N2O.B.Na.H/c1-12-18(31-10-30-12)9-29-14-7-15(25)22(16(26)8-14)23-19-3-5-21(33-34(19)11-32-24(23)35)36-20-4-2-13(27)6-17(20)28;1-11-18(31-10-30-11)9-29-13-7-14(24)21(15(25)8-13)22(23(28)34)17-3-5-20(33-32-17)35-19-4-2-12(26)6-16(19)27;1-12-19(31-11-30-12)10-29-14-8-15(24)22(16(25)9-14)23(28-2)18-4-6-21(33-32-18)34-20-5-3-13(26)7-17(20)27;1-24-18(17-11(19)7-10(23)8-12(17)20)14-3-5-16(26-25-14)27-15-4-2-9(21)6-13(15)22;1-4-5(2-8)7-3-6-4;;;/h2-8,10-11,29H,9H2,1H3,(H,30,31);2-8,10,22,29H,9H2,1H3,(H2,28,34)(H,30,31);3-9,11,23,29H,10H2,1H3,(H,30,31);2-8,18H,23H2;2-3H,1H3,(H,6,7);;;/q;;;;;;+1;-1. The van der Waals surface area contributed by atoms with Crippen molar-refractivity contribution in [3.05, 3.63) is 401 Å². The van der Waals surface area contributed by atoms with E-state index in [1.165, 1.54) is 71.8 Å². The third-order valence-electron chi connectivity index (χ3n) is 20.0. The number of nitrogens with zero attached hydrogens (tertiary/aromatic N) is 15. The van der Waals surface area contributed by atoms with Gasteiger partial charge in [0.25, 0.3) is 17.6 Å². The van der Waals surface area contributed by atoms with Crippen LogP contribution in [-0.2, 0) is 24.4 Å². The van der Waals surface area contributed by atoms with Gasteiger partial charge in [0.2, 0.25) is 5.91 Å². The molecule has 3 radical (unpaired) electrons. The molecule has 1 amide bonds. The van der Waals surface area contributed by atoms with Crippen LogP contribution >= 0.6 is 140 Å². The summed E-state index contributed by atoms with van der Waals surface area (Å²) >= 11 is 55.5. The zero-order chi connectivity index (χ0) is 100. The largest absolute Gasteiger partial charge is 1.00 e. The number of carbonyl (C=O) groups is 2. The van der Waals surface area contributed by atoms with E-state index in [9.17, 15) is 49.5 Å². The van der Waals surface area contributed by atoms with Crippen molar-refractivity contribution in [2.75, 3.05) is 21.7 Å². The number of aldehydes is 1. The average Bonchev–Trinajstić information content (AvgIpc) is 0.920. The topological polar surface area (TPSA) is 370 Å². The predicted molar refractivity (Wildman–Crippen MR) is 532 cm³/mol. The molecular weight excluding hydrogens is 2100 g/mol. The van der Waals surface area contributed by atoms with E-state index in [2.05, 4.69) is 106 Å². The van der Waals surface area contributed by atoms with Crippen LogP contribution in [0, 0.1) is 87.4 Å². The number of aromatic nitrogens is 17. The van der Waals surface area contributed by atoms with Crippen LogP contribution in [0.15, 0.2) is 246 Å². The van der Waals surface area contributed by atoms with Crippen LogP contribution in [0.1, 0.15) is 104 Å². The number of fused-ring (bicyclic) bond motifs is 1. The quantitative estimate of drug-likeness (QED) is 0.00799. The third kappa shape index (κ3) is 28.4. The number of amides is 1. The van der Waals surface area contributed by atoms with Crippen molar-refractivity contribution in [2.45, 2.75) is 105 Å². The Morgan fingerprint density at radius 1 is 0.437 bits per heavy atom. The zero-order valence-electron chi connectivity index (χ0n) is 74.8. The van der Waals surface area contributed by atoms with Gasteiger partial charge in [0.1, 0.15) is 96.0 Å². The molecule has 27 nitrogen and oxygen atoms in total. The molecule has 0 spiro atoms. The summed E-state index contributed by atoms with van der Waals surface area (Å²) in [5.74, 6) is -7.24. The number of nitrogens with one attached hydrogen (secondary N) is 7. The Labute approximate surface area is 885 Å². The van der Waals surface area contributed by atoms with E-state index in [0.29, 0.717) is 117 Å². The number of nitrogens with two attached hydrogens (primary N) is 2. The van der Waals surface area contributed by atoms with Crippen molar-refractivity contribution >= 4 is 189 Å². The van der Waals surface area contributed by atoms with Crippen LogP contribution in [0.2, 0.25) is 40.2 Å². The Morgan fingerprint density at radius 3 is 1.08 bits per heavy atom. The Balaban J connectivity index is 0.000000190. The molecule has 11 N–H and O–H groups in total. The molecule has 3 unspecified atom stereocenters. The van der Waals surface area contributed by atoms with Crippen molar-refractivity contribution < 1.29 is 75.7 Å². The summed E-state index contributed by atoms with van der Waals surface area (Å²) < 4.78 is 109. The Kier molecular flexibility index (Phi) is 39.6. The maximum atomic E-state index is 14.1. The fraction of sp³-hybridized carbons (Fsp3) is 0.108. The number of carbonyl (C=O) groups excluding carboxylic acids is 2. The fourth-order valence-electron chi connectivity index (χ4n) is 13.0. The Morgan fingerprint density at radius 2 is 0.768 bits per heavy atom. The number of H-pyrrole nitrogens is 4. The van der Waals surface area contributed by atoms with Gasteiger partial charge in [-0.3, -0.25) is 14.4 Å². The van der Waals surface area contributed by atoms with E-state index in [0.717, 1.165) is 130 Å². The molecule has 0 aliphatic heterocycles. The van der Waals surface area contributed by atoms with Gasteiger partial charge in [0.05, 0.1) is 120 Å². The summed E-state index contributed by atoms with van der Waals surface area (Å²) in [6, 6.07) is 37.1. The number of hydrogen-bond donors (Lipinski definition) is 9. The minimum Gasteiger partial charge on any atom is -1.00 e. The number of anilines is 4. The number of primary amides is 1. The first-order chi connectivity index (χ1) is 67.1. The minimum atomic E-state index is -1.06. The van der Waals surface area contributed by atoms with Crippen LogP contribution in [0.25, 0.3) is 26.3 Å². The molecule has 717 valence electrons. The van der Waals surface area contributed by atoms with Crippen molar-refractivity contribution in [1.82, 2.24) is 85.1 Å². The third-order valence-corrected chi connectivity index (χ3v) is 26.3. The number of rotatable bonds is 26. The second kappa shape index (κ2) is 51.1. The van der Waals surface area contributed by atoms with Crippen LogP contribution in [0.4, 0.5) is 57.9 Å².